The van der Waals surface area contributed by atoms with E-state index in [0.29, 0.717) is 35.0 Å². The first-order valence-corrected chi connectivity index (χ1v) is 11.4. The van der Waals surface area contributed by atoms with Gasteiger partial charge in [0.1, 0.15) is 17.6 Å². The molecule has 0 saturated heterocycles. The largest absolute Gasteiger partial charge is 0.497 e. The Kier molecular flexibility index (Phi) is 5.85. The number of aliphatic hydroxyl groups is 1. The van der Waals surface area contributed by atoms with Crippen molar-refractivity contribution in [2.75, 3.05) is 13.9 Å². The van der Waals surface area contributed by atoms with Crippen LogP contribution in [0.25, 0.3) is 0 Å². The summed E-state index contributed by atoms with van der Waals surface area (Å²) < 4.78 is 21.7. The van der Waals surface area contributed by atoms with Crippen molar-refractivity contribution >= 4 is 5.97 Å². The van der Waals surface area contributed by atoms with Gasteiger partial charge < -0.3 is 24.1 Å². The van der Waals surface area contributed by atoms with Crippen LogP contribution in [0.15, 0.2) is 77.8 Å². The lowest BCUT2D eigenvalue weighted by molar-refractivity contribution is -0.186. The predicted octanol–water partition coefficient (Wildman–Crippen LogP) is 4.90. The zero-order valence-electron chi connectivity index (χ0n) is 18.7. The molecular weight excluding hydrogens is 420 g/mol. The van der Waals surface area contributed by atoms with E-state index in [-0.39, 0.29) is 18.3 Å². The maximum Gasteiger partial charge on any atom is 0.345 e. The molecule has 0 amide bonds. The molecule has 5 rings (SSSR count). The van der Waals surface area contributed by atoms with Crippen LogP contribution in [-0.2, 0) is 24.8 Å². The first-order valence-electron chi connectivity index (χ1n) is 11.4. The number of carbonyl (C=O) groups excluding carboxylic acids is 1. The second-order valence-corrected chi connectivity index (χ2v) is 8.79. The highest BCUT2D eigenvalue weighted by Gasteiger charge is 2.51. The molecule has 2 atom stereocenters. The molecule has 1 saturated carbocycles. The van der Waals surface area contributed by atoms with E-state index in [1.807, 2.05) is 18.2 Å². The van der Waals surface area contributed by atoms with Gasteiger partial charge in [0.15, 0.2) is 5.76 Å². The number of esters is 1. The molecule has 1 aliphatic carbocycles. The van der Waals surface area contributed by atoms with E-state index in [0.717, 1.165) is 12.8 Å². The Balaban J connectivity index is 1.61. The quantitative estimate of drug-likeness (QED) is 0.607. The molecule has 0 bridgehead atoms. The van der Waals surface area contributed by atoms with Crippen molar-refractivity contribution in [2.45, 2.75) is 43.8 Å². The molecule has 1 N–H and O–H groups in total. The molecule has 0 aromatic heterocycles. The minimum absolute atomic E-state index is 0.0328. The second kappa shape index (κ2) is 8.94. The van der Waals surface area contributed by atoms with Gasteiger partial charge in [0.05, 0.1) is 7.11 Å². The van der Waals surface area contributed by atoms with Crippen LogP contribution < -0.4 is 4.74 Å². The number of benzene rings is 2. The third-order valence-corrected chi connectivity index (χ3v) is 6.98. The molecule has 2 aromatic rings. The third kappa shape index (κ3) is 4.00. The lowest BCUT2D eigenvalue weighted by atomic mass is 9.77. The van der Waals surface area contributed by atoms with E-state index in [1.165, 1.54) is 24.7 Å². The molecule has 1 fully saturated rings. The first-order chi connectivity index (χ1) is 16.1. The van der Waals surface area contributed by atoms with Gasteiger partial charge in [-0.1, -0.05) is 43.2 Å². The molecule has 33 heavy (non-hydrogen) atoms. The van der Waals surface area contributed by atoms with Crippen LogP contribution in [0.5, 0.6) is 5.75 Å². The van der Waals surface area contributed by atoms with E-state index >= 15 is 0 Å². The summed E-state index contributed by atoms with van der Waals surface area (Å²) in [5.74, 6) is -0.943. The van der Waals surface area contributed by atoms with Crippen LogP contribution in [0.2, 0.25) is 0 Å². The van der Waals surface area contributed by atoms with Gasteiger partial charge in [-0.25, -0.2) is 4.79 Å². The fraction of sp³-hybridized carbons (Fsp3) is 0.370. The van der Waals surface area contributed by atoms with Crippen LogP contribution in [0.4, 0.5) is 0 Å². The number of carbonyl (C=O) groups is 1. The minimum atomic E-state index is -1.89. The summed E-state index contributed by atoms with van der Waals surface area (Å²) in [6.07, 6.45) is 6.53. The molecule has 2 heterocycles. The second-order valence-electron chi connectivity index (χ2n) is 8.79. The normalized spacial score (nSPS) is 23.7. The fourth-order valence-corrected chi connectivity index (χ4v) is 5.29. The van der Waals surface area contributed by atoms with E-state index in [4.69, 9.17) is 18.9 Å². The Morgan fingerprint density at radius 2 is 1.82 bits per heavy atom. The lowest BCUT2D eigenvalue weighted by Gasteiger charge is -2.30. The minimum Gasteiger partial charge on any atom is -0.497 e. The van der Waals surface area contributed by atoms with Crippen molar-refractivity contribution in [2.24, 2.45) is 5.92 Å². The lowest BCUT2D eigenvalue weighted by Crippen LogP contribution is -2.30. The fourth-order valence-electron chi connectivity index (χ4n) is 5.29. The molecule has 0 radical (unpaired) electrons. The topological polar surface area (TPSA) is 74.2 Å². The highest BCUT2D eigenvalue weighted by Crippen LogP contribution is 2.50. The maximum atomic E-state index is 13.1. The third-order valence-electron chi connectivity index (χ3n) is 6.98. The van der Waals surface area contributed by atoms with Gasteiger partial charge in [-0.2, -0.15) is 0 Å². The molecule has 3 aliphatic rings. The van der Waals surface area contributed by atoms with Crippen molar-refractivity contribution < 1.29 is 28.8 Å². The number of hydrogen-bond donors (Lipinski definition) is 1. The molecular formula is C27H28O6. The van der Waals surface area contributed by atoms with Gasteiger partial charge in [0, 0.05) is 11.1 Å². The van der Waals surface area contributed by atoms with Crippen molar-refractivity contribution in [3.05, 3.63) is 88.9 Å². The van der Waals surface area contributed by atoms with Crippen LogP contribution >= 0.6 is 0 Å². The first kappa shape index (κ1) is 21.6. The van der Waals surface area contributed by atoms with Gasteiger partial charge in [-0.3, -0.25) is 0 Å². The SMILES string of the molecule is COc1ccc(C2(O)OC(=O)C(C3=COCO3)=C2CC(c2ccccc2)C2CCCC2)cc1. The molecule has 2 unspecified atom stereocenters. The Hall–Kier alpha value is -3.25. The number of methoxy groups -OCH3 is 1. The van der Waals surface area contributed by atoms with Crippen LogP contribution in [-0.4, -0.2) is 25.0 Å². The molecule has 2 aromatic carbocycles. The molecule has 6 heteroatoms. The van der Waals surface area contributed by atoms with E-state index in [2.05, 4.69) is 12.1 Å². The van der Waals surface area contributed by atoms with E-state index in [9.17, 15) is 9.90 Å². The predicted molar refractivity (Wildman–Crippen MR) is 121 cm³/mol. The van der Waals surface area contributed by atoms with Crippen LogP contribution in [0.3, 0.4) is 0 Å². The Bertz CT molecular complexity index is 1070. The van der Waals surface area contributed by atoms with Gasteiger partial charge in [-0.15, -0.1) is 0 Å². The summed E-state index contributed by atoms with van der Waals surface area (Å²) in [5, 5.41) is 11.9. The average Bonchev–Trinajstić information content (AvgIpc) is 3.60. The number of cyclic esters (lactones) is 1. The summed E-state index contributed by atoms with van der Waals surface area (Å²) in [7, 11) is 1.58. The highest BCUT2D eigenvalue weighted by atomic mass is 16.7. The monoisotopic (exact) mass is 448 g/mol. The Labute approximate surface area is 193 Å². The Morgan fingerprint density at radius 1 is 1.09 bits per heavy atom. The average molecular weight is 449 g/mol. The summed E-state index contributed by atoms with van der Waals surface area (Å²) in [6.45, 7) is 0.0328. The van der Waals surface area contributed by atoms with Crippen molar-refractivity contribution in [3.63, 3.8) is 0 Å². The standard InChI is InChI=1S/C27H28O6/c1-30-21-13-11-20(12-14-21)27(29)23(25(26(28)33-27)24-16-31-17-32-24)15-22(19-9-5-6-10-19)18-7-3-2-4-8-18/h2-4,7-8,11-14,16,19,22,29H,5-6,9-10,15,17H2,1H3. The zero-order chi connectivity index (χ0) is 22.8. The van der Waals surface area contributed by atoms with Crippen molar-refractivity contribution in [1.82, 2.24) is 0 Å². The zero-order valence-corrected chi connectivity index (χ0v) is 18.7. The van der Waals surface area contributed by atoms with Crippen molar-refractivity contribution in [1.29, 1.82) is 0 Å². The van der Waals surface area contributed by atoms with Gasteiger partial charge >= 0.3 is 5.97 Å². The van der Waals surface area contributed by atoms with Gasteiger partial charge in [0.25, 0.3) is 5.79 Å². The number of rotatable bonds is 7. The smallest absolute Gasteiger partial charge is 0.345 e. The summed E-state index contributed by atoms with van der Waals surface area (Å²) in [4.78, 5) is 13.1. The van der Waals surface area contributed by atoms with Crippen LogP contribution in [0, 0.1) is 5.92 Å². The van der Waals surface area contributed by atoms with E-state index < -0.39 is 11.8 Å². The highest BCUT2D eigenvalue weighted by molar-refractivity contribution is 5.97. The molecule has 172 valence electrons. The maximum absolute atomic E-state index is 13.1. The Morgan fingerprint density at radius 3 is 2.45 bits per heavy atom. The van der Waals surface area contributed by atoms with Crippen LogP contribution in [0.1, 0.15) is 49.1 Å². The van der Waals surface area contributed by atoms with Gasteiger partial charge in [-0.05, 0) is 60.9 Å². The molecule has 0 spiro atoms. The summed E-state index contributed by atoms with van der Waals surface area (Å²) in [5.41, 5.74) is 2.43. The van der Waals surface area contributed by atoms with Crippen molar-refractivity contribution in [3.8, 4) is 5.75 Å². The van der Waals surface area contributed by atoms with E-state index in [1.54, 1.807) is 31.4 Å². The number of ether oxygens (including phenoxy) is 4. The summed E-state index contributed by atoms with van der Waals surface area (Å²) >= 11 is 0. The molecule has 6 nitrogen and oxygen atoms in total. The van der Waals surface area contributed by atoms with Gasteiger partial charge in [0.2, 0.25) is 6.79 Å². The summed E-state index contributed by atoms with van der Waals surface area (Å²) in [6, 6.07) is 17.3. The number of hydrogen-bond acceptors (Lipinski definition) is 6. The molecule has 2 aliphatic heterocycles.